The first-order valence-electron chi connectivity index (χ1n) is 7.26. The van der Waals surface area contributed by atoms with Gasteiger partial charge in [0, 0.05) is 5.56 Å². The molecule has 0 N–H and O–H groups in total. The van der Waals surface area contributed by atoms with E-state index in [4.69, 9.17) is 9.47 Å². The molecule has 0 bridgehead atoms. The number of hydrogen-bond acceptors (Lipinski definition) is 2. The second-order valence-corrected chi connectivity index (χ2v) is 6.09. The molecule has 0 unspecified atom stereocenters. The molecule has 0 spiro atoms. The van der Waals surface area contributed by atoms with Gasteiger partial charge in [-0.25, -0.2) is 0 Å². The zero-order chi connectivity index (χ0) is 14.2. The third-order valence-electron chi connectivity index (χ3n) is 4.51. The fourth-order valence-corrected chi connectivity index (χ4v) is 3.50. The number of aryl methyl sites for hydroxylation is 1. The van der Waals surface area contributed by atoms with Crippen LogP contribution in [-0.4, -0.2) is 14.2 Å². The lowest BCUT2D eigenvalue weighted by Crippen LogP contribution is -2.18. The van der Waals surface area contributed by atoms with Crippen molar-refractivity contribution in [2.45, 2.75) is 52.4 Å². The zero-order valence-electron chi connectivity index (χ0n) is 13.0. The molecule has 0 radical (unpaired) electrons. The largest absolute Gasteiger partial charge is 0.493 e. The van der Waals surface area contributed by atoms with Crippen LogP contribution in [0.2, 0.25) is 0 Å². The lowest BCUT2D eigenvalue weighted by Gasteiger charge is -2.34. The van der Waals surface area contributed by atoms with Crippen LogP contribution in [0.15, 0.2) is 6.07 Å². The average Bonchev–Trinajstić information content (AvgIpc) is 2.37. The van der Waals surface area contributed by atoms with E-state index in [1.165, 1.54) is 29.5 Å². The maximum atomic E-state index is 5.69. The molecule has 2 nitrogen and oxygen atoms in total. The van der Waals surface area contributed by atoms with Crippen molar-refractivity contribution in [1.82, 2.24) is 0 Å². The summed E-state index contributed by atoms with van der Waals surface area (Å²) in [5, 5.41) is 0. The minimum absolute atomic E-state index is 0.550. The number of rotatable bonds is 3. The van der Waals surface area contributed by atoms with Crippen LogP contribution in [0, 0.1) is 12.8 Å². The smallest absolute Gasteiger partial charge is 0.164 e. The first-order chi connectivity index (χ1) is 9.01. The van der Waals surface area contributed by atoms with Crippen molar-refractivity contribution in [2.24, 2.45) is 5.92 Å². The summed E-state index contributed by atoms with van der Waals surface area (Å²) in [7, 11) is 3.48. The van der Waals surface area contributed by atoms with Crippen LogP contribution in [0.25, 0.3) is 0 Å². The van der Waals surface area contributed by atoms with Gasteiger partial charge in [0.25, 0.3) is 0 Å². The highest BCUT2D eigenvalue weighted by atomic mass is 16.5. The second-order valence-electron chi connectivity index (χ2n) is 6.09. The SMILES string of the molecule is COc1c(C)cc2c(c1OC)[C@@H](C)CC[C@H]2C(C)C. The monoisotopic (exact) mass is 262 g/mol. The van der Waals surface area contributed by atoms with Crippen LogP contribution in [0.5, 0.6) is 11.5 Å². The Labute approximate surface area is 117 Å². The Morgan fingerprint density at radius 1 is 1.11 bits per heavy atom. The van der Waals surface area contributed by atoms with Crippen molar-refractivity contribution in [3.05, 3.63) is 22.8 Å². The van der Waals surface area contributed by atoms with Gasteiger partial charge in [-0.3, -0.25) is 0 Å². The molecule has 0 saturated carbocycles. The van der Waals surface area contributed by atoms with Gasteiger partial charge in [0.15, 0.2) is 11.5 Å². The third-order valence-corrected chi connectivity index (χ3v) is 4.51. The topological polar surface area (TPSA) is 18.5 Å². The molecule has 0 aliphatic heterocycles. The Hall–Kier alpha value is -1.18. The zero-order valence-corrected chi connectivity index (χ0v) is 13.0. The van der Waals surface area contributed by atoms with Crippen LogP contribution in [0.4, 0.5) is 0 Å². The highest BCUT2D eigenvalue weighted by molar-refractivity contribution is 5.58. The van der Waals surface area contributed by atoms with Crippen molar-refractivity contribution < 1.29 is 9.47 Å². The van der Waals surface area contributed by atoms with Gasteiger partial charge >= 0.3 is 0 Å². The predicted molar refractivity (Wildman–Crippen MR) is 79.5 cm³/mol. The Morgan fingerprint density at radius 2 is 1.74 bits per heavy atom. The molecule has 1 aromatic rings. The first kappa shape index (κ1) is 14.2. The maximum absolute atomic E-state index is 5.69. The summed E-state index contributed by atoms with van der Waals surface area (Å²) in [6, 6.07) is 2.32. The summed E-state index contributed by atoms with van der Waals surface area (Å²) >= 11 is 0. The van der Waals surface area contributed by atoms with E-state index in [0.717, 1.165) is 11.5 Å². The van der Waals surface area contributed by atoms with E-state index in [2.05, 4.69) is 33.8 Å². The number of methoxy groups -OCH3 is 2. The molecule has 0 heterocycles. The van der Waals surface area contributed by atoms with Crippen LogP contribution in [-0.2, 0) is 0 Å². The van der Waals surface area contributed by atoms with E-state index in [-0.39, 0.29) is 0 Å². The molecule has 106 valence electrons. The van der Waals surface area contributed by atoms with E-state index < -0.39 is 0 Å². The standard InChI is InChI=1S/C17H26O2/c1-10(2)13-8-7-11(3)15-14(13)9-12(4)16(18-5)17(15)19-6/h9-11,13H,7-8H2,1-6H3/t11-,13-/m0/s1. The Balaban J connectivity index is 2.67. The van der Waals surface area contributed by atoms with Gasteiger partial charge in [0.05, 0.1) is 14.2 Å². The minimum Gasteiger partial charge on any atom is -0.493 e. The Bertz CT molecular complexity index is 463. The fourth-order valence-electron chi connectivity index (χ4n) is 3.50. The minimum atomic E-state index is 0.550. The van der Waals surface area contributed by atoms with Crippen molar-refractivity contribution >= 4 is 0 Å². The maximum Gasteiger partial charge on any atom is 0.164 e. The van der Waals surface area contributed by atoms with Gasteiger partial charge in [-0.15, -0.1) is 0 Å². The lowest BCUT2D eigenvalue weighted by molar-refractivity contribution is 0.336. The van der Waals surface area contributed by atoms with E-state index >= 15 is 0 Å². The quantitative estimate of drug-likeness (QED) is 0.789. The summed E-state index contributed by atoms with van der Waals surface area (Å²) in [6.45, 7) is 9.04. The molecule has 2 atom stereocenters. The summed E-state index contributed by atoms with van der Waals surface area (Å²) < 4.78 is 11.2. The molecule has 1 aliphatic carbocycles. The van der Waals surface area contributed by atoms with Gasteiger partial charge in [-0.2, -0.15) is 0 Å². The van der Waals surface area contributed by atoms with Crippen LogP contribution < -0.4 is 9.47 Å². The van der Waals surface area contributed by atoms with Gasteiger partial charge in [0.2, 0.25) is 0 Å². The molecule has 2 heteroatoms. The molecule has 1 aliphatic rings. The highest BCUT2D eigenvalue weighted by Crippen LogP contribution is 2.50. The van der Waals surface area contributed by atoms with Crippen LogP contribution in [0.1, 0.15) is 62.1 Å². The van der Waals surface area contributed by atoms with Crippen molar-refractivity contribution in [2.75, 3.05) is 14.2 Å². The van der Waals surface area contributed by atoms with Crippen molar-refractivity contribution in [3.63, 3.8) is 0 Å². The molecule has 0 amide bonds. The molecule has 19 heavy (non-hydrogen) atoms. The number of fused-ring (bicyclic) bond motifs is 1. The fraction of sp³-hybridized carbons (Fsp3) is 0.647. The second kappa shape index (κ2) is 5.44. The summed E-state index contributed by atoms with van der Waals surface area (Å²) in [4.78, 5) is 0. The van der Waals surface area contributed by atoms with E-state index in [1.807, 2.05) is 0 Å². The highest BCUT2D eigenvalue weighted by Gasteiger charge is 2.31. The van der Waals surface area contributed by atoms with Crippen LogP contribution >= 0.6 is 0 Å². The molecule has 2 rings (SSSR count). The number of hydrogen-bond donors (Lipinski definition) is 0. The van der Waals surface area contributed by atoms with Gasteiger partial charge in [-0.05, 0) is 48.6 Å². The molecule has 0 saturated heterocycles. The Kier molecular flexibility index (Phi) is 4.07. The number of benzene rings is 1. The molecule has 1 aromatic carbocycles. The predicted octanol–water partition coefficient (Wildman–Crippen LogP) is 4.65. The third kappa shape index (κ3) is 2.33. The van der Waals surface area contributed by atoms with Gasteiger partial charge in [0.1, 0.15) is 0 Å². The van der Waals surface area contributed by atoms with Gasteiger partial charge < -0.3 is 9.47 Å². The van der Waals surface area contributed by atoms with Crippen LogP contribution in [0.3, 0.4) is 0 Å². The summed E-state index contributed by atoms with van der Waals surface area (Å²) in [5.74, 6) is 3.72. The lowest BCUT2D eigenvalue weighted by atomic mass is 9.72. The van der Waals surface area contributed by atoms with Crippen molar-refractivity contribution in [3.8, 4) is 11.5 Å². The first-order valence-corrected chi connectivity index (χ1v) is 7.26. The molecular formula is C17H26O2. The summed E-state index contributed by atoms with van der Waals surface area (Å²) in [5.41, 5.74) is 4.02. The molecular weight excluding hydrogens is 236 g/mol. The van der Waals surface area contributed by atoms with Gasteiger partial charge in [-0.1, -0.05) is 26.8 Å². The normalized spacial score (nSPS) is 22.3. The Morgan fingerprint density at radius 3 is 2.26 bits per heavy atom. The molecule has 0 fully saturated rings. The molecule has 0 aromatic heterocycles. The van der Waals surface area contributed by atoms with E-state index in [9.17, 15) is 0 Å². The van der Waals surface area contributed by atoms with E-state index in [1.54, 1.807) is 14.2 Å². The van der Waals surface area contributed by atoms with Crippen molar-refractivity contribution in [1.29, 1.82) is 0 Å². The average molecular weight is 262 g/mol. The van der Waals surface area contributed by atoms with E-state index in [0.29, 0.717) is 17.8 Å². The summed E-state index contributed by atoms with van der Waals surface area (Å²) in [6.07, 6.45) is 2.51. The number of ether oxygens (including phenoxy) is 2.